The quantitative estimate of drug-likeness (QED) is 0.390. The smallest absolute Gasteiger partial charge is 0.227 e. The molecule has 1 fully saturated rings. The van der Waals surface area contributed by atoms with E-state index >= 15 is 0 Å². The normalized spacial score (nSPS) is 17.9. The number of carbonyl (C=O) groups excluding carboxylic acids is 2. The Balaban J connectivity index is 1.60. The van der Waals surface area contributed by atoms with E-state index in [2.05, 4.69) is 6.92 Å². The molecule has 1 aromatic carbocycles. The fourth-order valence-electron chi connectivity index (χ4n) is 3.90. The molecule has 0 radical (unpaired) electrons. The first-order valence-electron chi connectivity index (χ1n) is 10.8. The van der Waals surface area contributed by atoms with Gasteiger partial charge in [0.15, 0.2) is 6.29 Å². The molecule has 1 saturated heterocycles. The van der Waals surface area contributed by atoms with Crippen LogP contribution in [0.2, 0.25) is 0 Å². The lowest BCUT2D eigenvalue weighted by molar-refractivity contribution is -0.120. The van der Waals surface area contributed by atoms with Gasteiger partial charge >= 0.3 is 0 Å². The molecular weight excluding hydrogens is 398 g/mol. The van der Waals surface area contributed by atoms with Gasteiger partial charge in [0.05, 0.1) is 30.2 Å². The molecule has 0 bridgehead atoms. The molecule has 0 aliphatic carbocycles. The van der Waals surface area contributed by atoms with Crippen molar-refractivity contribution >= 4 is 29.2 Å². The van der Waals surface area contributed by atoms with Crippen molar-refractivity contribution in [1.82, 2.24) is 0 Å². The summed E-state index contributed by atoms with van der Waals surface area (Å²) in [6, 6.07) is 11.4. The molecule has 30 heavy (non-hydrogen) atoms. The number of benzene rings is 1. The van der Waals surface area contributed by atoms with Crippen LogP contribution in [0.25, 0.3) is 0 Å². The molecule has 2 aromatic rings. The molecule has 1 N–H and O–H groups in total. The Kier molecular flexibility index (Phi) is 8.61. The number of amides is 1. The summed E-state index contributed by atoms with van der Waals surface area (Å²) < 4.78 is 5.89. The van der Waals surface area contributed by atoms with Crippen LogP contribution in [0.5, 0.6) is 0 Å². The molecule has 6 heteroatoms. The number of thiophene rings is 1. The van der Waals surface area contributed by atoms with Crippen molar-refractivity contribution < 1.29 is 19.4 Å². The minimum atomic E-state index is -0.455. The lowest BCUT2D eigenvalue weighted by Gasteiger charge is -2.35. The van der Waals surface area contributed by atoms with Gasteiger partial charge in [-0.3, -0.25) is 9.59 Å². The van der Waals surface area contributed by atoms with Crippen LogP contribution in [0.1, 0.15) is 78.1 Å². The Morgan fingerprint density at radius 3 is 2.73 bits per heavy atom. The summed E-state index contributed by atoms with van der Waals surface area (Å²) in [7, 11) is 0. The maximum Gasteiger partial charge on any atom is 0.227 e. The largest absolute Gasteiger partial charge is 0.388 e. The second kappa shape index (κ2) is 11.4. The third-order valence-corrected chi connectivity index (χ3v) is 6.54. The highest BCUT2D eigenvalue weighted by molar-refractivity contribution is 7.13. The third kappa shape index (κ3) is 6.00. The van der Waals surface area contributed by atoms with E-state index < -0.39 is 6.10 Å². The number of aliphatic hydroxyl groups excluding tert-OH is 1. The molecular formula is C24H31NO4S. The minimum Gasteiger partial charge on any atom is -0.388 e. The Bertz CT molecular complexity index is 817. The molecule has 1 aromatic heterocycles. The number of hydrogen-bond acceptors (Lipinski definition) is 5. The van der Waals surface area contributed by atoms with E-state index in [9.17, 15) is 14.7 Å². The van der Waals surface area contributed by atoms with Crippen molar-refractivity contribution in [2.24, 2.45) is 0 Å². The third-order valence-electron chi connectivity index (χ3n) is 5.55. The summed E-state index contributed by atoms with van der Waals surface area (Å²) in [5.74, 6) is 0.116. The molecule has 2 unspecified atom stereocenters. The van der Waals surface area contributed by atoms with Gasteiger partial charge < -0.3 is 14.7 Å². The predicted molar refractivity (Wildman–Crippen MR) is 120 cm³/mol. The Morgan fingerprint density at radius 2 is 2.03 bits per heavy atom. The van der Waals surface area contributed by atoms with Gasteiger partial charge in [-0.2, -0.15) is 0 Å². The number of piperidine rings is 1. The van der Waals surface area contributed by atoms with Gasteiger partial charge in [-0.25, -0.2) is 0 Å². The molecule has 3 rings (SSSR count). The van der Waals surface area contributed by atoms with Crippen molar-refractivity contribution in [3.8, 4) is 0 Å². The second-order valence-electron chi connectivity index (χ2n) is 7.85. The van der Waals surface area contributed by atoms with Crippen LogP contribution in [0.4, 0.5) is 5.69 Å². The van der Waals surface area contributed by atoms with Crippen molar-refractivity contribution in [1.29, 1.82) is 0 Å². The summed E-state index contributed by atoms with van der Waals surface area (Å²) >= 11 is 1.43. The van der Waals surface area contributed by atoms with Crippen LogP contribution >= 0.6 is 11.3 Å². The topological polar surface area (TPSA) is 66.8 Å². The minimum absolute atomic E-state index is 0.00270. The molecule has 0 spiro atoms. The molecule has 0 saturated carbocycles. The van der Waals surface area contributed by atoms with Gasteiger partial charge in [0.1, 0.15) is 0 Å². The average molecular weight is 430 g/mol. The van der Waals surface area contributed by atoms with E-state index in [1.165, 1.54) is 11.3 Å². The van der Waals surface area contributed by atoms with Gasteiger partial charge in [0.2, 0.25) is 5.91 Å². The number of ether oxygens (including phenoxy) is 1. The van der Waals surface area contributed by atoms with Crippen LogP contribution < -0.4 is 4.90 Å². The van der Waals surface area contributed by atoms with E-state index in [1.807, 2.05) is 35.2 Å². The summed E-state index contributed by atoms with van der Waals surface area (Å²) in [5, 5.41) is 10.4. The monoisotopic (exact) mass is 429 g/mol. The number of nitrogens with zero attached hydrogens (tertiary/aromatic N) is 1. The van der Waals surface area contributed by atoms with Crippen molar-refractivity contribution in [2.45, 2.75) is 70.6 Å². The van der Waals surface area contributed by atoms with Crippen LogP contribution in [-0.2, 0) is 16.1 Å². The van der Waals surface area contributed by atoms with E-state index in [0.29, 0.717) is 24.5 Å². The van der Waals surface area contributed by atoms with Gasteiger partial charge in [0.25, 0.3) is 0 Å². The standard InChI is InChI=1S/C24H31NO4S/c1-2-3-4-7-23(27)18-9-11-19(12-10-18)25-20(6-5-8-24(25)28)16-29-17-22-14-13-21(15-26)30-22/h9-15,20,23,27H,2-8,16-17H2,1H3. The first-order valence-corrected chi connectivity index (χ1v) is 11.7. The van der Waals surface area contributed by atoms with Crippen LogP contribution in [0, 0.1) is 0 Å². The maximum absolute atomic E-state index is 12.7. The fourth-order valence-corrected chi connectivity index (χ4v) is 4.66. The number of hydrogen-bond donors (Lipinski definition) is 1. The number of aldehydes is 1. The molecule has 1 aliphatic rings. The molecule has 1 amide bonds. The fraction of sp³-hybridized carbons (Fsp3) is 0.500. The van der Waals surface area contributed by atoms with Gasteiger partial charge in [-0.15, -0.1) is 11.3 Å². The highest BCUT2D eigenvalue weighted by Crippen LogP contribution is 2.29. The first kappa shape index (κ1) is 22.7. The van der Waals surface area contributed by atoms with E-state index in [-0.39, 0.29) is 11.9 Å². The molecule has 1 aliphatic heterocycles. The van der Waals surface area contributed by atoms with Crippen LogP contribution in [0.15, 0.2) is 36.4 Å². The van der Waals surface area contributed by atoms with Crippen LogP contribution in [0.3, 0.4) is 0 Å². The number of carbonyl (C=O) groups is 2. The highest BCUT2D eigenvalue weighted by Gasteiger charge is 2.29. The zero-order valence-electron chi connectivity index (χ0n) is 17.6. The van der Waals surface area contributed by atoms with Gasteiger partial charge in [-0.1, -0.05) is 38.3 Å². The molecule has 5 nitrogen and oxygen atoms in total. The Hall–Kier alpha value is -2.02. The summed E-state index contributed by atoms with van der Waals surface area (Å²) in [5.41, 5.74) is 1.76. The number of unbranched alkanes of at least 4 members (excludes halogenated alkanes) is 2. The molecule has 2 atom stereocenters. The maximum atomic E-state index is 12.7. The highest BCUT2D eigenvalue weighted by atomic mass is 32.1. The number of anilines is 1. The lowest BCUT2D eigenvalue weighted by atomic mass is 9.99. The predicted octanol–water partition coefficient (Wildman–Crippen LogP) is 5.28. The van der Waals surface area contributed by atoms with E-state index in [0.717, 1.165) is 60.9 Å². The van der Waals surface area contributed by atoms with Crippen LogP contribution in [-0.4, -0.2) is 29.9 Å². The SMILES string of the molecule is CCCCCC(O)c1ccc(N2C(=O)CCCC2COCc2ccc(C=O)s2)cc1. The van der Waals surface area contributed by atoms with E-state index in [4.69, 9.17) is 4.74 Å². The van der Waals surface area contributed by atoms with Gasteiger partial charge in [0, 0.05) is 17.0 Å². The molecule has 162 valence electrons. The van der Waals surface area contributed by atoms with Crippen molar-refractivity contribution in [3.63, 3.8) is 0 Å². The average Bonchev–Trinajstić information content (AvgIpc) is 3.22. The van der Waals surface area contributed by atoms with Gasteiger partial charge in [-0.05, 0) is 49.1 Å². The lowest BCUT2D eigenvalue weighted by Crippen LogP contribution is -2.46. The summed E-state index contributed by atoms with van der Waals surface area (Å²) in [6.45, 7) is 3.06. The number of aliphatic hydroxyl groups is 1. The molecule has 2 heterocycles. The zero-order chi connectivity index (χ0) is 21.3. The zero-order valence-corrected chi connectivity index (χ0v) is 18.4. The first-order chi connectivity index (χ1) is 14.6. The Morgan fingerprint density at radius 1 is 1.23 bits per heavy atom. The van der Waals surface area contributed by atoms with E-state index in [1.54, 1.807) is 6.07 Å². The van der Waals surface area contributed by atoms with Crippen molar-refractivity contribution in [2.75, 3.05) is 11.5 Å². The number of rotatable bonds is 11. The Labute approximate surface area is 182 Å². The summed E-state index contributed by atoms with van der Waals surface area (Å²) in [4.78, 5) is 27.0. The second-order valence-corrected chi connectivity index (χ2v) is 9.05. The summed E-state index contributed by atoms with van der Waals surface area (Å²) in [6.07, 6.45) is 6.75. The van der Waals surface area contributed by atoms with Crippen molar-refractivity contribution in [3.05, 3.63) is 51.7 Å².